The zero-order chi connectivity index (χ0) is 13.7. The first kappa shape index (κ1) is 14.2. The number of carboxylic acids is 1. The molecular weight excluding hydrogens is 236 g/mol. The number of carboxylic acid groups (broad SMARTS) is 1. The summed E-state index contributed by atoms with van der Waals surface area (Å²) in [5.41, 5.74) is 5.73. The molecular formula is C11H18N4O3. The summed E-state index contributed by atoms with van der Waals surface area (Å²) < 4.78 is 1.06. The number of hydrogen-bond donors (Lipinski definition) is 2. The van der Waals surface area contributed by atoms with Gasteiger partial charge in [0.05, 0.1) is 18.4 Å². The highest BCUT2D eigenvalue weighted by Gasteiger charge is 2.14. The van der Waals surface area contributed by atoms with Gasteiger partial charge in [-0.2, -0.15) is 5.10 Å². The lowest BCUT2D eigenvalue weighted by atomic mass is 10.3. The molecule has 1 aromatic rings. The molecule has 0 fully saturated rings. The lowest BCUT2D eigenvalue weighted by molar-refractivity contribution is -0.138. The molecule has 1 atom stereocenters. The van der Waals surface area contributed by atoms with Crippen LogP contribution >= 0.6 is 0 Å². The molecule has 0 aliphatic heterocycles. The van der Waals surface area contributed by atoms with Crippen LogP contribution < -0.4 is 16.2 Å². The van der Waals surface area contributed by atoms with Crippen LogP contribution in [0.2, 0.25) is 0 Å². The minimum Gasteiger partial charge on any atom is -0.480 e. The third-order valence-electron chi connectivity index (χ3n) is 2.67. The second kappa shape index (κ2) is 6.15. The normalized spacial score (nSPS) is 12.2. The van der Waals surface area contributed by atoms with Gasteiger partial charge in [-0.05, 0) is 13.8 Å². The largest absolute Gasteiger partial charge is 0.480 e. The van der Waals surface area contributed by atoms with E-state index < -0.39 is 12.0 Å². The summed E-state index contributed by atoms with van der Waals surface area (Å²) in [6.07, 6.45) is 1.54. The minimum atomic E-state index is -1.16. The van der Waals surface area contributed by atoms with Crippen molar-refractivity contribution in [2.75, 3.05) is 18.0 Å². The van der Waals surface area contributed by atoms with Crippen molar-refractivity contribution in [3.8, 4) is 0 Å². The predicted octanol–water partition coefficient (Wildman–Crippen LogP) is -0.499. The van der Waals surface area contributed by atoms with Crippen LogP contribution in [0, 0.1) is 0 Å². The Morgan fingerprint density at radius 1 is 1.56 bits per heavy atom. The molecule has 0 bridgehead atoms. The third-order valence-corrected chi connectivity index (χ3v) is 2.67. The number of aliphatic carboxylic acids is 1. The number of nitrogens with zero attached hydrogens (tertiary/aromatic N) is 3. The van der Waals surface area contributed by atoms with E-state index in [0.717, 1.165) is 23.5 Å². The van der Waals surface area contributed by atoms with Crippen LogP contribution in [0.1, 0.15) is 13.8 Å². The average Bonchev–Trinajstić information content (AvgIpc) is 2.33. The third kappa shape index (κ3) is 3.30. The highest BCUT2D eigenvalue weighted by molar-refractivity contribution is 5.72. The molecule has 1 heterocycles. The van der Waals surface area contributed by atoms with Crippen molar-refractivity contribution >= 4 is 11.7 Å². The van der Waals surface area contributed by atoms with Gasteiger partial charge in [-0.25, -0.2) is 4.68 Å². The Labute approximate surface area is 105 Å². The summed E-state index contributed by atoms with van der Waals surface area (Å²) in [6, 6.07) is 0.309. The zero-order valence-electron chi connectivity index (χ0n) is 10.5. The minimum absolute atomic E-state index is 0.132. The van der Waals surface area contributed by atoms with Crippen LogP contribution in [0.3, 0.4) is 0 Å². The zero-order valence-corrected chi connectivity index (χ0v) is 10.5. The van der Waals surface area contributed by atoms with E-state index >= 15 is 0 Å². The maximum Gasteiger partial charge on any atom is 0.322 e. The standard InChI is InChI=1S/C11H18N4O3/c1-3-14(4-2)8-5-10(16)15(13-6-8)7-9(12)11(17)18/h5-6,9H,3-4,7,12H2,1-2H3,(H,17,18). The fourth-order valence-electron chi connectivity index (χ4n) is 1.59. The number of hydrogen-bond acceptors (Lipinski definition) is 5. The number of aromatic nitrogens is 2. The van der Waals surface area contributed by atoms with Gasteiger partial charge in [0, 0.05) is 19.2 Å². The first-order chi connectivity index (χ1) is 8.49. The van der Waals surface area contributed by atoms with E-state index in [2.05, 4.69) is 5.10 Å². The molecule has 7 nitrogen and oxygen atoms in total. The highest BCUT2D eigenvalue weighted by Crippen LogP contribution is 2.08. The Bertz CT molecular complexity index is 468. The fraction of sp³-hybridized carbons (Fsp3) is 0.545. The average molecular weight is 254 g/mol. The van der Waals surface area contributed by atoms with Gasteiger partial charge in [0.2, 0.25) is 0 Å². The molecule has 0 spiro atoms. The SMILES string of the molecule is CCN(CC)c1cnn(CC(N)C(=O)O)c(=O)c1. The monoisotopic (exact) mass is 254 g/mol. The molecule has 0 saturated carbocycles. The molecule has 7 heteroatoms. The Kier molecular flexibility index (Phi) is 4.85. The van der Waals surface area contributed by atoms with Crippen molar-refractivity contribution in [2.45, 2.75) is 26.4 Å². The van der Waals surface area contributed by atoms with Crippen molar-refractivity contribution in [3.63, 3.8) is 0 Å². The van der Waals surface area contributed by atoms with E-state index in [9.17, 15) is 9.59 Å². The predicted molar refractivity (Wildman–Crippen MR) is 67.7 cm³/mol. The maximum absolute atomic E-state index is 11.8. The van der Waals surface area contributed by atoms with Gasteiger partial charge in [0.15, 0.2) is 0 Å². The molecule has 1 rings (SSSR count). The quantitative estimate of drug-likeness (QED) is 0.709. The van der Waals surface area contributed by atoms with Crippen LogP contribution in [0.15, 0.2) is 17.1 Å². The summed E-state index contributed by atoms with van der Waals surface area (Å²) >= 11 is 0. The van der Waals surface area contributed by atoms with E-state index in [4.69, 9.17) is 10.8 Å². The summed E-state index contributed by atoms with van der Waals surface area (Å²) in [5.74, 6) is -1.16. The molecule has 1 unspecified atom stereocenters. The molecule has 0 radical (unpaired) electrons. The molecule has 18 heavy (non-hydrogen) atoms. The van der Waals surface area contributed by atoms with Crippen molar-refractivity contribution < 1.29 is 9.90 Å². The van der Waals surface area contributed by atoms with E-state index in [1.54, 1.807) is 6.20 Å². The van der Waals surface area contributed by atoms with Crippen molar-refractivity contribution in [1.29, 1.82) is 0 Å². The first-order valence-electron chi connectivity index (χ1n) is 5.80. The van der Waals surface area contributed by atoms with E-state index in [0.29, 0.717) is 0 Å². The molecule has 0 amide bonds. The van der Waals surface area contributed by atoms with Crippen molar-refractivity contribution in [1.82, 2.24) is 9.78 Å². The topological polar surface area (TPSA) is 101 Å². The van der Waals surface area contributed by atoms with Gasteiger partial charge >= 0.3 is 5.97 Å². The van der Waals surface area contributed by atoms with Gasteiger partial charge in [0.25, 0.3) is 5.56 Å². The lowest BCUT2D eigenvalue weighted by Crippen LogP contribution is -2.39. The first-order valence-corrected chi connectivity index (χ1v) is 5.80. The Morgan fingerprint density at radius 2 is 2.17 bits per heavy atom. The number of rotatable bonds is 6. The fourth-order valence-corrected chi connectivity index (χ4v) is 1.59. The Morgan fingerprint density at radius 3 is 2.61 bits per heavy atom. The van der Waals surface area contributed by atoms with Crippen LogP contribution in [-0.4, -0.2) is 40.0 Å². The summed E-state index contributed by atoms with van der Waals surface area (Å²) in [7, 11) is 0. The molecule has 0 aliphatic rings. The second-order valence-corrected chi connectivity index (χ2v) is 3.85. The van der Waals surface area contributed by atoms with Gasteiger partial charge in [-0.15, -0.1) is 0 Å². The van der Waals surface area contributed by atoms with E-state index in [1.165, 1.54) is 6.07 Å². The van der Waals surface area contributed by atoms with Crippen LogP contribution in [0.5, 0.6) is 0 Å². The molecule has 0 saturated heterocycles. The highest BCUT2D eigenvalue weighted by atomic mass is 16.4. The maximum atomic E-state index is 11.8. The Hall–Kier alpha value is -1.89. The van der Waals surface area contributed by atoms with Crippen molar-refractivity contribution in [2.24, 2.45) is 5.73 Å². The number of anilines is 1. The van der Waals surface area contributed by atoms with Crippen LogP contribution in [0.25, 0.3) is 0 Å². The number of carbonyl (C=O) groups is 1. The van der Waals surface area contributed by atoms with Gasteiger partial charge in [-0.3, -0.25) is 9.59 Å². The molecule has 1 aromatic heterocycles. The lowest BCUT2D eigenvalue weighted by Gasteiger charge is -2.20. The molecule has 0 aromatic carbocycles. The smallest absolute Gasteiger partial charge is 0.322 e. The van der Waals surface area contributed by atoms with Gasteiger partial charge in [-0.1, -0.05) is 0 Å². The van der Waals surface area contributed by atoms with Gasteiger partial charge < -0.3 is 15.7 Å². The summed E-state index contributed by atoms with van der Waals surface area (Å²) in [5, 5.41) is 12.6. The van der Waals surface area contributed by atoms with Gasteiger partial charge in [0.1, 0.15) is 6.04 Å². The molecule has 100 valence electrons. The van der Waals surface area contributed by atoms with Crippen molar-refractivity contribution in [3.05, 3.63) is 22.6 Å². The summed E-state index contributed by atoms with van der Waals surface area (Å²) in [6.45, 7) is 5.38. The molecule has 3 N–H and O–H groups in total. The number of nitrogens with two attached hydrogens (primary N) is 1. The molecule has 0 aliphatic carbocycles. The van der Waals surface area contributed by atoms with E-state index in [-0.39, 0.29) is 12.1 Å². The second-order valence-electron chi connectivity index (χ2n) is 3.85. The summed E-state index contributed by atoms with van der Waals surface area (Å²) in [4.78, 5) is 24.3. The van der Waals surface area contributed by atoms with E-state index in [1.807, 2.05) is 18.7 Å². The van der Waals surface area contributed by atoms with Crippen LogP contribution in [-0.2, 0) is 11.3 Å². The Balaban J connectivity index is 2.93. The van der Waals surface area contributed by atoms with Crippen LogP contribution in [0.4, 0.5) is 5.69 Å².